The van der Waals surface area contributed by atoms with Crippen LogP contribution in [0.15, 0.2) is 24.3 Å². The molecular formula is C14H22N2O. The molecule has 0 aromatic heterocycles. The van der Waals surface area contributed by atoms with E-state index in [-0.39, 0.29) is 5.91 Å². The number of hydrogen-bond acceptors (Lipinski definition) is 2. The molecule has 0 bridgehead atoms. The normalized spacial score (nSPS) is 12.2. The van der Waals surface area contributed by atoms with Gasteiger partial charge in [0.1, 0.15) is 0 Å². The van der Waals surface area contributed by atoms with E-state index < -0.39 is 0 Å². The van der Waals surface area contributed by atoms with Gasteiger partial charge in [0.15, 0.2) is 0 Å². The highest BCUT2D eigenvalue weighted by molar-refractivity contribution is 5.94. The number of hydrogen-bond donors (Lipinski definition) is 2. The molecule has 0 fully saturated rings. The second kappa shape index (κ2) is 7.07. The first-order valence-corrected chi connectivity index (χ1v) is 6.22. The maximum Gasteiger partial charge on any atom is 0.251 e. The number of carbonyl (C=O) groups is 1. The van der Waals surface area contributed by atoms with Crippen molar-refractivity contribution in [1.82, 2.24) is 5.32 Å². The summed E-state index contributed by atoms with van der Waals surface area (Å²) in [6, 6.07) is 7.63. The van der Waals surface area contributed by atoms with Crippen LogP contribution in [0.25, 0.3) is 0 Å². The number of aryl methyl sites for hydroxylation is 1. The summed E-state index contributed by atoms with van der Waals surface area (Å²) in [7, 11) is 0. The lowest BCUT2D eigenvalue weighted by Crippen LogP contribution is -2.30. The molecule has 1 aromatic rings. The van der Waals surface area contributed by atoms with Gasteiger partial charge in [0, 0.05) is 12.1 Å². The van der Waals surface area contributed by atoms with Crippen LogP contribution in [-0.4, -0.2) is 19.0 Å². The van der Waals surface area contributed by atoms with Crippen molar-refractivity contribution in [3.63, 3.8) is 0 Å². The summed E-state index contributed by atoms with van der Waals surface area (Å²) in [5.41, 5.74) is 7.36. The van der Waals surface area contributed by atoms with E-state index in [2.05, 4.69) is 12.2 Å². The van der Waals surface area contributed by atoms with Gasteiger partial charge in [-0.1, -0.05) is 31.0 Å². The molecule has 1 atom stereocenters. The molecule has 0 radical (unpaired) electrons. The largest absolute Gasteiger partial charge is 0.352 e. The molecule has 94 valence electrons. The smallest absolute Gasteiger partial charge is 0.251 e. The fourth-order valence-electron chi connectivity index (χ4n) is 1.81. The standard InChI is InChI=1S/C14H22N2O/c1-3-12(7-8-15)10-16-14(17)13-6-4-5-11(2)9-13/h4-6,9,12H,3,7-8,10,15H2,1-2H3,(H,16,17). The quantitative estimate of drug-likeness (QED) is 0.792. The van der Waals surface area contributed by atoms with E-state index in [0.29, 0.717) is 19.0 Å². The van der Waals surface area contributed by atoms with Crippen molar-refractivity contribution in [2.75, 3.05) is 13.1 Å². The minimum absolute atomic E-state index is 0.00386. The number of benzene rings is 1. The first-order chi connectivity index (χ1) is 8.17. The third-order valence-electron chi connectivity index (χ3n) is 2.98. The van der Waals surface area contributed by atoms with Gasteiger partial charge in [0.05, 0.1) is 0 Å². The number of nitrogens with one attached hydrogen (secondary N) is 1. The SMILES string of the molecule is CCC(CCN)CNC(=O)c1cccc(C)c1. The van der Waals surface area contributed by atoms with E-state index in [4.69, 9.17) is 5.73 Å². The summed E-state index contributed by atoms with van der Waals surface area (Å²) in [5.74, 6) is 0.484. The molecule has 1 unspecified atom stereocenters. The number of amides is 1. The molecule has 3 nitrogen and oxygen atoms in total. The third kappa shape index (κ3) is 4.57. The van der Waals surface area contributed by atoms with Crippen molar-refractivity contribution in [3.05, 3.63) is 35.4 Å². The zero-order valence-corrected chi connectivity index (χ0v) is 10.7. The average molecular weight is 234 g/mol. The molecule has 0 spiro atoms. The van der Waals surface area contributed by atoms with Crippen molar-refractivity contribution in [2.45, 2.75) is 26.7 Å². The molecule has 1 rings (SSSR count). The van der Waals surface area contributed by atoms with Crippen LogP contribution < -0.4 is 11.1 Å². The van der Waals surface area contributed by atoms with E-state index in [1.807, 2.05) is 31.2 Å². The molecule has 1 aromatic carbocycles. The zero-order valence-electron chi connectivity index (χ0n) is 10.7. The van der Waals surface area contributed by atoms with E-state index in [9.17, 15) is 4.79 Å². The minimum atomic E-state index is 0.00386. The molecular weight excluding hydrogens is 212 g/mol. The van der Waals surface area contributed by atoms with Crippen LogP contribution >= 0.6 is 0 Å². The lowest BCUT2D eigenvalue weighted by Gasteiger charge is -2.14. The van der Waals surface area contributed by atoms with E-state index in [1.54, 1.807) is 0 Å². The Morgan fingerprint density at radius 3 is 2.82 bits per heavy atom. The predicted molar refractivity (Wildman–Crippen MR) is 71.0 cm³/mol. The summed E-state index contributed by atoms with van der Waals surface area (Å²) in [6.45, 7) is 5.50. The second-order valence-corrected chi connectivity index (χ2v) is 4.43. The van der Waals surface area contributed by atoms with Crippen molar-refractivity contribution < 1.29 is 4.79 Å². The predicted octanol–water partition coefficient (Wildman–Crippen LogP) is 2.10. The third-order valence-corrected chi connectivity index (χ3v) is 2.98. The molecule has 17 heavy (non-hydrogen) atoms. The van der Waals surface area contributed by atoms with Gasteiger partial charge in [0.2, 0.25) is 0 Å². The monoisotopic (exact) mass is 234 g/mol. The Balaban J connectivity index is 2.49. The zero-order chi connectivity index (χ0) is 12.7. The van der Waals surface area contributed by atoms with Crippen molar-refractivity contribution >= 4 is 5.91 Å². The van der Waals surface area contributed by atoms with Crippen LogP contribution in [0.5, 0.6) is 0 Å². The molecule has 0 aliphatic heterocycles. The van der Waals surface area contributed by atoms with Gasteiger partial charge in [0.25, 0.3) is 5.91 Å². The summed E-state index contributed by atoms with van der Waals surface area (Å²) in [4.78, 5) is 11.9. The van der Waals surface area contributed by atoms with Gasteiger partial charge >= 0.3 is 0 Å². The van der Waals surface area contributed by atoms with Crippen molar-refractivity contribution in [1.29, 1.82) is 0 Å². The summed E-state index contributed by atoms with van der Waals surface area (Å²) < 4.78 is 0. The fraction of sp³-hybridized carbons (Fsp3) is 0.500. The molecule has 0 aliphatic carbocycles. The molecule has 1 amide bonds. The maximum atomic E-state index is 11.9. The van der Waals surface area contributed by atoms with E-state index in [1.165, 1.54) is 0 Å². The van der Waals surface area contributed by atoms with Crippen LogP contribution in [0, 0.1) is 12.8 Å². The van der Waals surface area contributed by atoms with Crippen LogP contribution in [0.2, 0.25) is 0 Å². The van der Waals surface area contributed by atoms with Crippen LogP contribution in [-0.2, 0) is 0 Å². The van der Waals surface area contributed by atoms with Crippen molar-refractivity contribution in [3.8, 4) is 0 Å². The fourth-order valence-corrected chi connectivity index (χ4v) is 1.81. The van der Waals surface area contributed by atoms with E-state index >= 15 is 0 Å². The Morgan fingerprint density at radius 2 is 2.24 bits per heavy atom. The first-order valence-electron chi connectivity index (χ1n) is 6.22. The Hall–Kier alpha value is -1.35. The number of rotatable bonds is 6. The first kappa shape index (κ1) is 13.7. The van der Waals surface area contributed by atoms with Gasteiger partial charge in [-0.3, -0.25) is 4.79 Å². The lowest BCUT2D eigenvalue weighted by atomic mass is 10.0. The summed E-state index contributed by atoms with van der Waals surface area (Å²) in [6.07, 6.45) is 2.01. The second-order valence-electron chi connectivity index (χ2n) is 4.43. The number of carbonyl (C=O) groups excluding carboxylic acids is 1. The van der Waals surface area contributed by atoms with Gasteiger partial charge in [-0.05, 0) is 37.9 Å². The highest BCUT2D eigenvalue weighted by atomic mass is 16.1. The molecule has 0 heterocycles. The molecule has 3 N–H and O–H groups in total. The molecule has 0 saturated heterocycles. The molecule has 0 saturated carbocycles. The van der Waals surface area contributed by atoms with E-state index in [0.717, 1.165) is 24.0 Å². The van der Waals surface area contributed by atoms with Crippen LogP contribution in [0.4, 0.5) is 0 Å². The Bertz CT molecular complexity index is 363. The molecule has 0 aliphatic rings. The van der Waals surface area contributed by atoms with Crippen LogP contribution in [0.1, 0.15) is 35.7 Å². The van der Waals surface area contributed by atoms with Crippen molar-refractivity contribution in [2.24, 2.45) is 11.7 Å². The van der Waals surface area contributed by atoms with Crippen LogP contribution in [0.3, 0.4) is 0 Å². The highest BCUT2D eigenvalue weighted by Crippen LogP contribution is 2.07. The Kier molecular flexibility index (Phi) is 5.70. The highest BCUT2D eigenvalue weighted by Gasteiger charge is 2.09. The van der Waals surface area contributed by atoms with Gasteiger partial charge < -0.3 is 11.1 Å². The molecule has 3 heteroatoms. The number of nitrogens with two attached hydrogens (primary N) is 1. The average Bonchev–Trinajstić information content (AvgIpc) is 2.34. The summed E-state index contributed by atoms with van der Waals surface area (Å²) in [5, 5.41) is 2.97. The lowest BCUT2D eigenvalue weighted by molar-refractivity contribution is 0.0946. The van der Waals surface area contributed by atoms with Gasteiger partial charge in [-0.25, -0.2) is 0 Å². The Morgan fingerprint density at radius 1 is 1.47 bits per heavy atom. The van der Waals surface area contributed by atoms with Gasteiger partial charge in [-0.15, -0.1) is 0 Å². The summed E-state index contributed by atoms with van der Waals surface area (Å²) >= 11 is 0. The Labute approximate surface area is 103 Å². The topological polar surface area (TPSA) is 55.1 Å². The minimum Gasteiger partial charge on any atom is -0.352 e. The van der Waals surface area contributed by atoms with Gasteiger partial charge in [-0.2, -0.15) is 0 Å². The maximum absolute atomic E-state index is 11.9.